The Labute approximate surface area is 111 Å². The Balaban J connectivity index is 1.65. The SMILES string of the molecule is NNC(CCc1ccc2c(c1)CCO2)c1ncn[nH]1. The van der Waals surface area contributed by atoms with E-state index < -0.39 is 0 Å². The van der Waals surface area contributed by atoms with Gasteiger partial charge in [-0.25, -0.2) is 10.4 Å². The Kier molecular flexibility index (Phi) is 3.43. The lowest BCUT2D eigenvalue weighted by atomic mass is 10.0. The van der Waals surface area contributed by atoms with Crippen LogP contribution in [0.15, 0.2) is 24.5 Å². The van der Waals surface area contributed by atoms with E-state index in [1.54, 1.807) is 0 Å². The quantitative estimate of drug-likeness (QED) is 0.548. The maximum atomic E-state index is 5.56. The number of benzene rings is 1. The van der Waals surface area contributed by atoms with Crippen LogP contribution >= 0.6 is 0 Å². The second-order valence-electron chi connectivity index (χ2n) is 4.67. The van der Waals surface area contributed by atoms with E-state index in [0.29, 0.717) is 0 Å². The van der Waals surface area contributed by atoms with E-state index >= 15 is 0 Å². The molecule has 1 atom stereocenters. The molecule has 2 heterocycles. The van der Waals surface area contributed by atoms with Gasteiger partial charge < -0.3 is 4.74 Å². The fraction of sp³-hybridized carbons (Fsp3) is 0.385. The standard InChI is InChI=1S/C13H17N5O/c14-17-11(13-15-8-16-18-13)3-1-9-2-4-12-10(7-9)5-6-19-12/h2,4,7-8,11,17H,1,3,5-6,14H2,(H,15,16,18). The molecule has 0 radical (unpaired) electrons. The highest BCUT2D eigenvalue weighted by atomic mass is 16.5. The monoisotopic (exact) mass is 259 g/mol. The summed E-state index contributed by atoms with van der Waals surface area (Å²) in [4.78, 5) is 4.13. The van der Waals surface area contributed by atoms with E-state index in [1.807, 2.05) is 0 Å². The molecule has 1 aromatic heterocycles. The number of hydrogen-bond donors (Lipinski definition) is 3. The Hall–Kier alpha value is -1.92. The molecule has 100 valence electrons. The minimum atomic E-state index is -0.00740. The van der Waals surface area contributed by atoms with E-state index in [2.05, 4.69) is 38.8 Å². The number of aryl methyl sites for hydroxylation is 1. The zero-order valence-corrected chi connectivity index (χ0v) is 10.6. The molecule has 0 fully saturated rings. The Morgan fingerprint density at radius 2 is 2.42 bits per heavy atom. The van der Waals surface area contributed by atoms with Crippen LogP contribution in [0.2, 0.25) is 0 Å². The summed E-state index contributed by atoms with van der Waals surface area (Å²) in [6.07, 6.45) is 4.30. The van der Waals surface area contributed by atoms with Crippen LogP contribution < -0.4 is 16.0 Å². The van der Waals surface area contributed by atoms with E-state index in [0.717, 1.165) is 37.4 Å². The van der Waals surface area contributed by atoms with Crippen LogP contribution in [-0.4, -0.2) is 21.8 Å². The van der Waals surface area contributed by atoms with Crippen molar-refractivity contribution < 1.29 is 4.74 Å². The highest BCUT2D eigenvalue weighted by molar-refractivity contribution is 5.39. The van der Waals surface area contributed by atoms with Gasteiger partial charge in [-0.3, -0.25) is 10.9 Å². The lowest BCUT2D eigenvalue weighted by Gasteiger charge is -2.13. The van der Waals surface area contributed by atoms with Gasteiger partial charge in [0.2, 0.25) is 0 Å². The first kappa shape index (κ1) is 12.1. The topological polar surface area (TPSA) is 88.8 Å². The first-order valence-corrected chi connectivity index (χ1v) is 6.43. The molecule has 0 bridgehead atoms. The molecule has 0 saturated heterocycles. The van der Waals surface area contributed by atoms with Crippen LogP contribution in [0.1, 0.15) is 29.4 Å². The summed E-state index contributed by atoms with van der Waals surface area (Å²) >= 11 is 0. The highest BCUT2D eigenvalue weighted by Gasteiger charge is 2.15. The fourth-order valence-electron chi connectivity index (χ4n) is 2.39. The van der Waals surface area contributed by atoms with Gasteiger partial charge in [0.05, 0.1) is 12.6 Å². The van der Waals surface area contributed by atoms with Crippen LogP contribution in [0.25, 0.3) is 0 Å². The minimum absolute atomic E-state index is 0.00740. The lowest BCUT2D eigenvalue weighted by molar-refractivity contribution is 0.357. The maximum Gasteiger partial charge on any atom is 0.142 e. The van der Waals surface area contributed by atoms with Gasteiger partial charge in [-0.15, -0.1) is 0 Å². The first-order valence-electron chi connectivity index (χ1n) is 6.43. The van der Waals surface area contributed by atoms with Gasteiger partial charge >= 0.3 is 0 Å². The molecular weight excluding hydrogens is 242 g/mol. The number of rotatable bonds is 5. The first-order chi connectivity index (χ1) is 9.36. The normalized spacial score (nSPS) is 15.0. The molecule has 0 spiro atoms. The predicted octanol–water partition coefficient (Wildman–Crippen LogP) is 0.877. The van der Waals surface area contributed by atoms with Crippen molar-refractivity contribution in [3.8, 4) is 5.75 Å². The van der Waals surface area contributed by atoms with E-state index in [1.165, 1.54) is 17.5 Å². The fourth-order valence-corrected chi connectivity index (χ4v) is 2.39. The van der Waals surface area contributed by atoms with Gasteiger partial charge in [0, 0.05) is 6.42 Å². The summed E-state index contributed by atoms with van der Waals surface area (Å²) in [5.41, 5.74) is 5.36. The van der Waals surface area contributed by atoms with Crippen molar-refractivity contribution in [2.45, 2.75) is 25.3 Å². The van der Waals surface area contributed by atoms with Gasteiger partial charge in [0.25, 0.3) is 0 Å². The van der Waals surface area contributed by atoms with Crippen molar-refractivity contribution in [1.82, 2.24) is 20.6 Å². The molecule has 19 heavy (non-hydrogen) atoms. The Morgan fingerprint density at radius 1 is 1.47 bits per heavy atom. The zero-order valence-electron chi connectivity index (χ0n) is 10.6. The van der Waals surface area contributed by atoms with Crippen molar-refractivity contribution in [3.63, 3.8) is 0 Å². The van der Waals surface area contributed by atoms with Crippen molar-refractivity contribution in [1.29, 1.82) is 0 Å². The van der Waals surface area contributed by atoms with E-state index in [-0.39, 0.29) is 6.04 Å². The molecule has 1 aliphatic heterocycles. The molecule has 2 aromatic rings. The lowest BCUT2D eigenvalue weighted by Crippen LogP contribution is -2.29. The second kappa shape index (κ2) is 5.38. The van der Waals surface area contributed by atoms with E-state index in [9.17, 15) is 0 Å². The number of hydrogen-bond acceptors (Lipinski definition) is 5. The van der Waals surface area contributed by atoms with Gasteiger partial charge in [-0.05, 0) is 30.0 Å². The molecule has 0 amide bonds. The third-order valence-corrected chi connectivity index (χ3v) is 3.44. The summed E-state index contributed by atoms with van der Waals surface area (Å²) < 4.78 is 5.50. The maximum absolute atomic E-state index is 5.56. The zero-order chi connectivity index (χ0) is 13.1. The smallest absolute Gasteiger partial charge is 0.142 e. The summed E-state index contributed by atoms with van der Waals surface area (Å²) in [6, 6.07) is 6.37. The molecule has 4 N–H and O–H groups in total. The van der Waals surface area contributed by atoms with Gasteiger partial charge in [-0.1, -0.05) is 12.1 Å². The molecule has 3 rings (SSSR count). The minimum Gasteiger partial charge on any atom is -0.493 e. The molecule has 6 nitrogen and oxygen atoms in total. The molecule has 0 aliphatic carbocycles. The van der Waals surface area contributed by atoms with Crippen LogP contribution in [0.4, 0.5) is 0 Å². The van der Waals surface area contributed by atoms with Crippen LogP contribution in [0, 0.1) is 0 Å². The molecule has 1 aromatic carbocycles. The summed E-state index contributed by atoms with van der Waals surface area (Å²) in [5, 5.41) is 6.69. The Morgan fingerprint density at radius 3 is 3.21 bits per heavy atom. The summed E-state index contributed by atoms with van der Waals surface area (Å²) in [5.74, 6) is 7.35. The van der Waals surface area contributed by atoms with Crippen molar-refractivity contribution >= 4 is 0 Å². The number of ether oxygens (including phenoxy) is 1. The average Bonchev–Trinajstić information content (AvgIpc) is 3.10. The molecule has 1 aliphatic rings. The number of nitrogens with two attached hydrogens (primary N) is 1. The van der Waals surface area contributed by atoms with Crippen LogP contribution in [0.3, 0.4) is 0 Å². The number of nitrogens with zero attached hydrogens (tertiary/aromatic N) is 2. The largest absolute Gasteiger partial charge is 0.493 e. The van der Waals surface area contributed by atoms with Gasteiger partial charge in [0.1, 0.15) is 17.9 Å². The van der Waals surface area contributed by atoms with Crippen LogP contribution in [-0.2, 0) is 12.8 Å². The third-order valence-electron chi connectivity index (χ3n) is 3.44. The number of fused-ring (bicyclic) bond motifs is 1. The van der Waals surface area contributed by atoms with Gasteiger partial charge in [0.15, 0.2) is 0 Å². The predicted molar refractivity (Wildman–Crippen MR) is 70.4 cm³/mol. The third kappa shape index (κ3) is 2.59. The highest BCUT2D eigenvalue weighted by Crippen LogP contribution is 2.27. The number of H-pyrrole nitrogens is 1. The molecule has 1 unspecified atom stereocenters. The van der Waals surface area contributed by atoms with Crippen molar-refractivity contribution in [2.75, 3.05) is 6.61 Å². The summed E-state index contributed by atoms with van der Waals surface area (Å²) in [7, 11) is 0. The molecule has 0 saturated carbocycles. The van der Waals surface area contributed by atoms with Crippen molar-refractivity contribution in [3.05, 3.63) is 41.5 Å². The molecular formula is C13H17N5O. The number of hydrazine groups is 1. The van der Waals surface area contributed by atoms with E-state index in [4.69, 9.17) is 10.6 Å². The summed E-state index contributed by atoms with van der Waals surface area (Å²) in [6.45, 7) is 0.795. The second-order valence-corrected chi connectivity index (χ2v) is 4.67. The number of nitrogens with one attached hydrogen (secondary N) is 2. The van der Waals surface area contributed by atoms with Crippen molar-refractivity contribution in [2.24, 2.45) is 5.84 Å². The number of aromatic nitrogens is 3. The Bertz CT molecular complexity index is 540. The van der Waals surface area contributed by atoms with Crippen LogP contribution in [0.5, 0.6) is 5.75 Å². The van der Waals surface area contributed by atoms with Gasteiger partial charge in [-0.2, -0.15) is 5.10 Å². The molecule has 6 heteroatoms. The average molecular weight is 259 g/mol. The number of aromatic amines is 1.